The van der Waals surface area contributed by atoms with E-state index in [0.717, 1.165) is 48.5 Å². The van der Waals surface area contributed by atoms with Gasteiger partial charge in [-0.15, -0.1) is 11.3 Å². The molecule has 3 aromatic rings. The summed E-state index contributed by atoms with van der Waals surface area (Å²) in [5.74, 6) is 0.898. The minimum atomic E-state index is -0.00650. The maximum Gasteiger partial charge on any atom is 0.317 e. The van der Waals surface area contributed by atoms with E-state index in [9.17, 15) is 4.79 Å². The summed E-state index contributed by atoms with van der Waals surface area (Å²) in [5.41, 5.74) is 4.59. The summed E-state index contributed by atoms with van der Waals surface area (Å²) in [7, 11) is 0. The molecule has 0 saturated carbocycles. The summed E-state index contributed by atoms with van der Waals surface area (Å²) < 4.78 is 5.90. The van der Waals surface area contributed by atoms with E-state index in [1.807, 2.05) is 41.6 Å². The molecule has 1 fully saturated rings. The van der Waals surface area contributed by atoms with Crippen LogP contribution in [0.4, 0.5) is 4.79 Å². The Hall–Kier alpha value is -2.41. The molecule has 3 heterocycles. The van der Waals surface area contributed by atoms with Crippen LogP contribution in [-0.4, -0.2) is 40.5 Å². The second-order valence-electron chi connectivity index (χ2n) is 6.65. The van der Waals surface area contributed by atoms with E-state index < -0.39 is 0 Å². The van der Waals surface area contributed by atoms with E-state index >= 15 is 0 Å². The average molecular weight is 370 g/mol. The van der Waals surface area contributed by atoms with E-state index in [1.165, 1.54) is 4.88 Å². The number of aryl methyl sites for hydroxylation is 1. The minimum absolute atomic E-state index is 0.00650. The molecule has 4 rings (SSSR count). The summed E-state index contributed by atoms with van der Waals surface area (Å²) >= 11 is 1.64. The van der Waals surface area contributed by atoms with E-state index in [0.29, 0.717) is 13.1 Å². The number of aromatic nitrogens is 2. The fourth-order valence-electron chi connectivity index (χ4n) is 3.39. The number of urea groups is 1. The van der Waals surface area contributed by atoms with Gasteiger partial charge in [0.25, 0.3) is 0 Å². The second-order valence-corrected chi connectivity index (χ2v) is 7.59. The zero-order valence-corrected chi connectivity index (χ0v) is 15.6. The van der Waals surface area contributed by atoms with Crippen molar-refractivity contribution in [1.29, 1.82) is 0 Å². The highest BCUT2D eigenvalue weighted by Gasteiger charge is 2.28. The lowest BCUT2D eigenvalue weighted by atomic mass is 9.98. The summed E-state index contributed by atoms with van der Waals surface area (Å²) in [4.78, 5) is 24.5. The van der Waals surface area contributed by atoms with E-state index in [4.69, 9.17) is 4.42 Å². The third kappa shape index (κ3) is 3.58. The fraction of sp³-hybridized carbons (Fsp3) is 0.421. The molecule has 1 atom stereocenters. The van der Waals surface area contributed by atoms with Gasteiger partial charge in [0.1, 0.15) is 5.52 Å². The number of oxazole rings is 1. The van der Waals surface area contributed by atoms with E-state index in [-0.39, 0.29) is 11.9 Å². The van der Waals surface area contributed by atoms with Crippen LogP contribution in [0.1, 0.15) is 35.2 Å². The number of para-hydroxylation sites is 2. The number of nitrogens with zero attached hydrogens (tertiary/aromatic N) is 3. The van der Waals surface area contributed by atoms with Crippen molar-refractivity contribution in [2.24, 2.45) is 0 Å². The standard InChI is InChI=1S/C19H22N4O2S/c1-13-17(26-12-21-13)8-9-20-19(24)23-10-4-5-14(11-23)18-22-15-6-2-3-7-16(15)25-18/h2-3,6-7,12,14H,4-5,8-11H2,1H3,(H,20,24)/t14-/m1/s1. The van der Waals surface area contributed by atoms with Crippen molar-refractivity contribution in [2.45, 2.75) is 32.1 Å². The summed E-state index contributed by atoms with van der Waals surface area (Å²) in [5, 5.41) is 3.03. The number of carbonyl (C=O) groups is 1. The summed E-state index contributed by atoms with van der Waals surface area (Å²) in [6, 6.07) is 7.79. The van der Waals surface area contributed by atoms with Gasteiger partial charge in [0.2, 0.25) is 0 Å². The minimum Gasteiger partial charge on any atom is -0.440 e. The number of hydrogen-bond donors (Lipinski definition) is 1. The number of fused-ring (bicyclic) bond motifs is 1. The van der Waals surface area contributed by atoms with Gasteiger partial charge >= 0.3 is 6.03 Å². The molecule has 2 aromatic heterocycles. The number of likely N-dealkylation sites (tertiary alicyclic amines) is 1. The van der Waals surface area contributed by atoms with Crippen LogP contribution in [0, 0.1) is 6.92 Å². The van der Waals surface area contributed by atoms with Gasteiger partial charge in [-0.1, -0.05) is 12.1 Å². The van der Waals surface area contributed by atoms with Gasteiger partial charge in [-0.05, 0) is 31.9 Å². The van der Waals surface area contributed by atoms with Gasteiger partial charge in [-0.2, -0.15) is 0 Å². The average Bonchev–Trinajstić information content (AvgIpc) is 3.28. The largest absolute Gasteiger partial charge is 0.440 e. The molecule has 0 unspecified atom stereocenters. The molecular weight excluding hydrogens is 348 g/mol. The van der Waals surface area contributed by atoms with Gasteiger partial charge in [0.05, 0.1) is 17.1 Å². The van der Waals surface area contributed by atoms with Crippen molar-refractivity contribution in [2.75, 3.05) is 19.6 Å². The third-order valence-corrected chi connectivity index (χ3v) is 5.84. The monoisotopic (exact) mass is 370 g/mol. The Morgan fingerprint density at radius 2 is 2.31 bits per heavy atom. The lowest BCUT2D eigenvalue weighted by molar-refractivity contribution is 0.175. The number of benzene rings is 1. The van der Waals surface area contributed by atoms with Gasteiger partial charge in [-0.25, -0.2) is 14.8 Å². The normalized spacial score (nSPS) is 17.6. The Morgan fingerprint density at radius 1 is 1.42 bits per heavy atom. The molecule has 1 aliphatic rings. The van der Waals surface area contributed by atoms with Crippen LogP contribution in [0.15, 0.2) is 34.2 Å². The Morgan fingerprint density at radius 3 is 3.12 bits per heavy atom. The molecule has 2 amide bonds. The predicted octanol–water partition coefficient (Wildman–Crippen LogP) is 3.72. The Labute approximate surface area is 156 Å². The fourth-order valence-corrected chi connectivity index (χ4v) is 4.17. The molecule has 1 aromatic carbocycles. The number of hydrogen-bond acceptors (Lipinski definition) is 5. The summed E-state index contributed by atoms with van der Waals surface area (Å²) in [6.07, 6.45) is 2.78. The van der Waals surface area contributed by atoms with E-state index in [2.05, 4.69) is 15.3 Å². The molecule has 136 valence electrons. The lowest BCUT2D eigenvalue weighted by Gasteiger charge is -2.31. The van der Waals surface area contributed by atoms with Crippen LogP contribution in [0.5, 0.6) is 0 Å². The number of carbonyl (C=O) groups excluding carboxylic acids is 1. The highest BCUT2D eigenvalue weighted by molar-refractivity contribution is 7.09. The topological polar surface area (TPSA) is 71.3 Å². The number of amides is 2. The van der Waals surface area contributed by atoms with Crippen molar-refractivity contribution in [1.82, 2.24) is 20.2 Å². The van der Waals surface area contributed by atoms with Crippen molar-refractivity contribution in [3.63, 3.8) is 0 Å². The maximum absolute atomic E-state index is 12.5. The molecule has 6 nitrogen and oxygen atoms in total. The molecular formula is C19H22N4O2S. The van der Waals surface area contributed by atoms with Gasteiger partial charge in [0, 0.05) is 30.9 Å². The van der Waals surface area contributed by atoms with Crippen molar-refractivity contribution in [3.8, 4) is 0 Å². The lowest BCUT2D eigenvalue weighted by Crippen LogP contribution is -2.45. The van der Waals surface area contributed by atoms with Crippen LogP contribution in [0.2, 0.25) is 0 Å². The van der Waals surface area contributed by atoms with Crippen LogP contribution in [-0.2, 0) is 6.42 Å². The predicted molar refractivity (Wildman–Crippen MR) is 102 cm³/mol. The van der Waals surface area contributed by atoms with Crippen molar-refractivity contribution < 1.29 is 9.21 Å². The first-order valence-corrected chi connectivity index (χ1v) is 9.86. The molecule has 0 spiro atoms. The van der Waals surface area contributed by atoms with Crippen LogP contribution in [0.25, 0.3) is 11.1 Å². The van der Waals surface area contributed by atoms with Gasteiger partial charge in [0.15, 0.2) is 11.5 Å². The number of nitrogens with one attached hydrogen (secondary N) is 1. The quantitative estimate of drug-likeness (QED) is 0.760. The first-order valence-electron chi connectivity index (χ1n) is 8.98. The molecule has 0 radical (unpaired) electrons. The van der Waals surface area contributed by atoms with Crippen LogP contribution in [0.3, 0.4) is 0 Å². The maximum atomic E-state index is 12.5. The van der Waals surface area contributed by atoms with Crippen molar-refractivity contribution in [3.05, 3.63) is 46.2 Å². The first kappa shape index (κ1) is 17.0. The zero-order chi connectivity index (χ0) is 17.9. The number of rotatable bonds is 4. The van der Waals surface area contributed by atoms with Gasteiger partial charge < -0.3 is 14.6 Å². The highest BCUT2D eigenvalue weighted by Crippen LogP contribution is 2.28. The second kappa shape index (κ2) is 7.45. The highest BCUT2D eigenvalue weighted by atomic mass is 32.1. The molecule has 26 heavy (non-hydrogen) atoms. The summed E-state index contributed by atoms with van der Waals surface area (Å²) in [6.45, 7) is 4.07. The van der Waals surface area contributed by atoms with Crippen LogP contribution >= 0.6 is 11.3 Å². The van der Waals surface area contributed by atoms with Gasteiger partial charge in [-0.3, -0.25) is 0 Å². The molecule has 7 heteroatoms. The zero-order valence-electron chi connectivity index (χ0n) is 14.8. The third-order valence-electron chi connectivity index (χ3n) is 4.84. The Balaban J connectivity index is 1.35. The first-order chi connectivity index (χ1) is 12.7. The smallest absolute Gasteiger partial charge is 0.317 e. The Kier molecular flexibility index (Phi) is 4.88. The molecule has 1 aliphatic heterocycles. The van der Waals surface area contributed by atoms with E-state index in [1.54, 1.807) is 11.3 Å². The molecule has 1 N–H and O–H groups in total. The SMILES string of the molecule is Cc1ncsc1CCNC(=O)N1CCC[C@@H](c2nc3ccccc3o2)C1. The van der Waals surface area contributed by atoms with Crippen LogP contribution < -0.4 is 5.32 Å². The number of piperidine rings is 1. The van der Waals surface area contributed by atoms with Crippen molar-refractivity contribution >= 4 is 28.5 Å². The Bertz CT molecular complexity index is 871. The molecule has 0 aliphatic carbocycles. The number of thiazole rings is 1. The molecule has 0 bridgehead atoms. The molecule has 1 saturated heterocycles.